The SMILES string of the molecule is N#Cc1cc(Cl)c2c(c1)CCC2=O. The number of nitrogens with zero attached hydrogens (tertiary/aromatic N) is 1. The summed E-state index contributed by atoms with van der Waals surface area (Å²) in [5.41, 5.74) is 2.05. The molecular formula is C10H6ClNO. The first-order valence-electron chi connectivity index (χ1n) is 3.98. The van der Waals surface area contributed by atoms with Crippen LogP contribution in [0.3, 0.4) is 0 Å². The van der Waals surface area contributed by atoms with Gasteiger partial charge in [0.25, 0.3) is 0 Å². The lowest BCUT2D eigenvalue weighted by Crippen LogP contribution is -1.93. The molecule has 1 aliphatic carbocycles. The Labute approximate surface area is 80.7 Å². The maximum atomic E-state index is 11.3. The Morgan fingerprint density at radius 2 is 2.15 bits per heavy atom. The Morgan fingerprint density at radius 3 is 2.85 bits per heavy atom. The van der Waals surface area contributed by atoms with E-state index in [-0.39, 0.29) is 5.78 Å². The van der Waals surface area contributed by atoms with Crippen molar-refractivity contribution in [2.24, 2.45) is 0 Å². The number of rotatable bonds is 0. The van der Waals surface area contributed by atoms with Gasteiger partial charge in [-0.3, -0.25) is 4.79 Å². The van der Waals surface area contributed by atoms with Crippen molar-refractivity contribution in [1.29, 1.82) is 5.26 Å². The lowest BCUT2D eigenvalue weighted by molar-refractivity contribution is 0.0994. The number of nitriles is 1. The second kappa shape index (κ2) is 2.86. The third-order valence-electron chi connectivity index (χ3n) is 2.20. The normalized spacial score (nSPS) is 14.0. The molecule has 0 fully saturated rings. The van der Waals surface area contributed by atoms with E-state index in [4.69, 9.17) is 16.9 Å². The molecule has 0 aliphatic heterocycles. The Balaban J connectivity index is 2.67. The molecule has 0 atom stereocenters. The molecule has 0 aromatic heterocycles. The molecule has 64 valence electrons. The highest BCUT2D eigenvalue weighted by Gasteiger charge is 2.22. The zero-order valence-electron chi connectivity index (χ0n) is 6.80. The maximum absolute atomic E-state index is 11.3. The van der Waals surface area contributed by atoms with Crippen molar-refractivity contribution in [3.63, 3.8) is 0 Å². The number of hydrogen-bond donors (Lipinski definition) is 0. The van der Waals surface area contributed by atoms with Crippen LogP contribution >= 0.6 is 11.6 Å². The zero-order valence-corrected chi connectivity index (χ0v) is 7.56. The van der Waals surface area contributed by atoms with Gasteiger partial charge in [0.1, 0.15) is 0 Å². The molecule has 0 spiro atoms. The summed E-state index contributed by atoms with van der Waals surface area (Å²) in [6.07, 6.45) is 1.23. The Hall–Kier alpha value is -1.33. The van der Waals surface area contributed by atoms with E-state index in [0.717, 1.165) is 5.56 Å². The molecule has 0 unspecified atom stereocenters. The van der Waals surface area contributed by atoms with Crippen molar-refractivity contribution in [2.45, 2.75) is 12.8 Å². The summed E-state index contributed by atoms with van der Waals surface area (Å²) in [5, 5.41) is 9.08. The van der Waals surface area contributed by atoms with Crippen LogP contribution in [0.2, 0.25) is 5.02 Å². The molecule has 0 saturated heterocycles. The quantitative estimate of drug-likeness (QED) is 0.632. The highest BCUT2D eigenvalue weighted by Crippen LogP contribution is 2.29. The highest BCUT2D eigenvalue weighted by molar-refractivity contribution is 6.34. The second-order valence-corrected chi connectivity index (χ2v) is 3.43. The first-order chi connectivity index (χ1) is 6.22. The van der Waals surface area contributed by atoms with E-state index in [2.05, 4.69) is 0 Å². The molecule has 0 N–H and O–H groups in total. The van der Waals surface area contributed by atoms with Gasteiger partial charge in [-0.25, -0.2) is 0 Å². The third kappa shape index (κ3) is 1.22. The van der Waals surface area contributed by atoms with E-state index in [9.17, 15) is 4.79 Å². The van der Waals surface area contributed by atoms with Crippen LogP contribution < -0.4 is 0 Å². The molecule has 1 aliphatic rings. The molecule has 1 aromatic carbocycles. The Kier molecular flexibility index (Phi) is 1.82. The van der Waals surface area contributed by atoms with Gasteiger partial charge in [-0.2, -0.15) is 5.26 Å². The molecule has 13 heavy (non-hydrogen) atoms. The van der Waals surface area contributed by atoms with E-state index in [1.807, 2.05) is 6.07 Å². The minimum Gasteiger partial charge on any atom is -0.294 e. The van der Waals surface area contributed by atoms with Crippen molar-refractivity contribution >= 4 is 17.4 Å². The fourth-order valence-electron chi connectivity index (χ4n) is 1.61. The topological polar surface area (TPSA) is 40.9 Å². The number of ketones is 1. The third-order valence-corrected chi connectivity index (χ3v) is 2.50. The van der Waals surface area contributed by atoms with E-state index >= 15 is 0 Å². The summed E-state index contributed by atoms with van der Waals surface area (Å²) >= 11 is 5.88. The van der Waals surface area contributed by atoms with Crippen molar-refractivity contribution in [2.75, 3.05) is 0 Å². The number of fused-ring (bicyclic) bond motifs is 1. The summed E-state index contributed by atoms with van der Waals surface area (Å²) in [6, 6.07) is 5.30. The molecule has 0 heterocycles. The standard InChI is InChI=1S/C10H6ClNO/c11-8-4-6(5-12)3-7-1-2-9(13)10(7)8/h3-4H,1-2H2. The molecule has 0 bridgehead atoms. The number of aryl methyl sites for hydroxylation is 1. The predicted octanol–water partition coefficient (Wildman–Crippen LogP) is 2.34. The smallest absolute Gasteiger partial charge is 0.164 e. The second-order valence-electron chi connectivity index (χ2n) is 3.03. The first kappa shape index (κ1) is 8.28. The number of benzene rings is 1. The monoisotopic (exact) mass is 191 g/mol. The summed E-state index contributed by atoms with van der Waals surface area (Å²) < 4.78 is 0. The van der Waals surface area contributed by atoms with Crippen molar-refractivity contribution < 1.29 is 4.79 Å². The Bertz CT molecular complexity index is 431. The van der Waals surface area contributed by atoms with Gasteiger partial charge in [-0.1, -0.05) is 11.6 Å². The van der Waals surface area contributed by atoms with Gasteiger partial charge < -0.3 is 0 Å². The summed E-state index contributed by atoms with van der Waals surface area (Å²) in [6.45, 7) is 0. The van der Waals surface area contributed by atoms with E-state index in [1.165, 1.54) is 0 Å². The minimum atomic E-state index is 0.0875. The van der Waals surface area contributed by atoms with Crippen molar-refractivity contribution in [1.82, 2.24) is 0 Å². The zero-order chi connectivity index (χ0) is 9.42. The average molecular weight is 192 g/mol. The van der Waals surface area contributed by atoms with Gasteiger partial charge in [-0.05, 0) is 24.1 Å². The van der Waals surface area contributed by atoms with Gasteiger partial charge in [0, 0.05) is 12.0 Å². The van der Waals surface area contributed by atoms with Gasteiger partial charge in [0.15, 0.2) is 5.78 Å². The van der Waals surface area contributed by atoms with Gasteiger partial charge in [0.05, 0.1) is 16.7 Å². The molecule has 1 aromatic rings. The van der Waals surface area contributed by atoms with E-state index in [0.29, 0.717) is 29.0 Å². The molecule has 2 rings (SSSR count). The minimum absolute atomic E-state index is 0.0875. The molecule has 3 heteroatoms. The first-order valence-corrected chi connectivity index (χ1v) is 4.36. The van der Waals surface area contributed by atoms with Crippen molar-refractivity contribution in [3.8, 4) is 6.07 Å². The van der Waals surface area contributed by atoms with Gasteiger partial charge >= 0.3 is 0 Å². The van der Waals surface area contributed by atoms with Gasteiger partial charge in [0.2, 0.25) is 0 Å². The Morgan fingerprint density at radius 1 is 1.38 bits per heavy atom. The van der Waals surface area contributed by atoms with Crippen LogP contribution in [-0.4, -0.2) is 5.78 Å². The average Bonchev–Trinajstić information content (AvgIpc) is 2.48. The van der Waals surface area contributed by atoms with Crippen LogP contribution in [0, 0.1) is 11.3 Å². The fourth-order valence-corrected chi connectivity index (χ4v) is 1.96. The summed E-state index contributed by atoms with van der Waals surface area (Å²) in [5.74, 6) is 0.0875. The van der Waals surface area contributed by atoms with Gasteiger partial charge in [-0.15, -0.1) is 0 Å². The maximum Gasteiger partial charge on any atom is 0.164 e. The van der Waals surface area contributed by atoms with Crippen LogP contribution in [0.15, 0.2) is 12.1 Å². The van der Waals surface area contributed by atoms with Crippen LogP contribution in [-0.2, 0) is 6.42 Å². The van der Waals surface area contributed by atoms with Crippen molar-refractivity contribution in [3.05, 3.63) is 33.8 Å². The van der Waals surface area contributed by atoms with E-state index in [1.54, 1.807) is 12.1 Å². The molecule has 0 amide bonds. The number of Topliss-reactive ketones (excluding diaryl/α,β-unsaturated/α-hetero) is 1. The number of halogens is 1. The highest BCUT2D eigenvalue weighted by atomic mass is 35.5. The molecule has 0 saturated carbocycles. The number of carbonyl (C=O) groups excluding carboxylic acids is 1. The predicted molar refractivity (Wildman–Crippen MR) is 48.8 cm³/mol. The van der Waals surface area contributed by atoms with Crippen LogP contribution in [0.4, 0.5) is 0 Å². The molecule has 0 radical (unpaired) electrons. The van der Waals surface area contributed by atoms with Crippen LogP contribution in [0.5, 0.6) is 0 Å². The summed E-state index contributed by atoms with van der Waals surface area (Å²) in [4.78, 5) is 11.3. The number of hydrogen-bond acceptors (Lipinski definition) is 2. The summed E-state index contributed by atoms with van der Waals surface area (Å²) in [7, 11) is 0. The van der Waals surface area contributed by atoms with E-state index < -0.39 is 0 Å². The number of carbonyl (C=O) groups is 1. The lowest BCUT2D eigenvalue weighted by Gasteiger charge is -2.00. The largest absolute Gasteiger partial charge is 0.294 e. The van der Waals surface area contributed by atoms with Crippen LogP contribution in [0.25, 0.3) is 0 Å². The fraction of sp³-hybridized carbons (Fsp3) is 0.200. The molecule has 2 nitrogen and oxygen atoms in total. The molecular weight excluding hydrogens is 186 g/mol. The lowest BCUT2D eigenvalue weighted by atomic mass is 10.1. The van der Waals surface area contributed by atoms with Crippen LogP contribution in [0.1, 0.15) is 27.9 Å².